The van der Waals surface area contributed by atoms with Gasteiger partial charge in [0, 0.05) is 6.54 Å². The summed E-state index contributed by atoms with van der Waals surface area (Å²) in [6, 6.07) is 10.7. The van der Waals surface area contributed by atoms with Gasteiger partial charge in [-0.15, -0.1) is 0 Å². The topological polar surface area (TPSA) is 58.2 Å². The van der Waals surface area contributed by atoms with Gasteiger partial charge in [0.1, 0.15) is 5.82 Å². The largest absolute Gasteiger partial charge is 0.316 e. The second kappa shape index (κ2) is 6.24. The normalized spacial score (nSPS) is 11.4. The molecule has 0 spiro atoms. The predicted molar refractivity (Wildman–Crippen MR) is 81.2 cm³/mol. The first-order valence-electron chi connectivity index (χ1n) is 6.45. The highest BCUT2D eigenvalue weighted by Gasteiger charge is 2.18. The van der Waals surface area contributed by atoms with E-state index in [0.29, 0.717) is 17.7 Å². The molecule has 0 aliphatic heterocycles. The van der Waals surface area contributed by atoms with Crippen LogP contribution in [0.1, 0.15) is 11.1 Å². The number of rotatable bonds is 5. The van der Waals surface area contributed by atoms with Crippen molar-refractivity contribution in [3.8, 4) is 0 Å². The second-order valence-corrected chi connectivity index (χ2v) is 6.35. The summed E-state index contributed by atoms with van der Waals surface area (Å²) in [5.41, 5.74) is 1.56. The van der Waals surface area contributed by atoms with Crippen LogP contribution in [0.5, 0.6) is 0 Å². The van der Waals surface area contributed by atoms with Crippen LogP contribution in [0, 0.1) is 12.7 Å². The Bertz CT molecular complexity index is 745. The van der Waals surface area contributed by atoms with Crippen LogP contribution in [-0.4, -0.2) is 15.5 Å². The SMILES string of the molecule is CNCc1ccccc1S(=O)(=O)Nc1cc(F)ccc1C. The van der Waals surface area contributed by atoms with E-state index in [4.69, 9.17) is 0 Å². The van der Waals surface area contributed by atoms with E-state index in [1.807, 2.05) is 0 Å². The smallest absolute Gasteiger partial charge is 0.262 e. The molecule has 0 fully saturated rings. The molecule has 0 atom stereocenters. The molecule has 0 bridgehead atoms. The Hall–Kier alpha value is -1.92. The average Bonchev–Trinajstić information content (AvgIpc) is 2.43. The number of hydrogen-bond acceptors (Lipinski definition) is 3. The summed E-state index contributed by atoms with van der Waals surface area (Å²) in [6.07, 6.45) is 0. The maximum Gasteiger partial charge on any atom is 0.262 e. The first-order valence-corrected chi connectivity index (χ1v) is 7.94. The van der Waals surface area contributed by atoms with Crippen molar-refractivity contribution in [2.24, 2.45) is 0 Å². The van der Waals surface area contributed by atoms with E-state index < -0.39 is 15.8 Å². The van der Waals surface area contributed by atoms with E-state index in [2.05, 4.69) is 10.0 Å². The van der Waals surface area contributed by atoms with Gasteiger partial charge in [-0.1, -0.05) is 24.3 Å². The standard InChI is InChI=1S/C15H17FN2O2S/c1-11-7-8-13(16)9-14(11)18-21(19,20)15-6-4-3-5-12(15)10-17-2/h3-9,17-18H,10H2,1-2H3. The first kappa shape index (κ1) is 15.5. The first-order chi connectivity index (χ1) is 9.94. The molecule has 2 N–H and O–H groups in total. The summed E-state index contributed by atoms with van der Waals surface area (Å²) in [6.45, 7) is 2.15. The fraction of sp³-hybridized carbons (Fsp3) is 0.200. The molecule has 6 heteroatoms. The number of halogens is 1. The van der Waals surface area contributed by atoms with Gasteiger partial charge in [0.05, 0.1) is 10.6 Å². The molecular formula is C15H17FN2O2S. The summed E-state index contributed by atoms with van der Waals surface area (Å²) in [5.74, 6) is -0.484. The summed E-state index contributed by atoms with van der Waals surface area (Å²) in [7, 11) is -2.02. The van der Waals surface area contributed by atoms with Crippen molar-refractivity contribution in [2.75, 3.05) is 11.8 Å². The molecule has 21 heavy (non-hydrogen) atoms. The van der Waals surface area contributed by atoms with Crippen LogP contribution in [0.25, 0.3) is 0 Å². The third kappa shape index (κ3) is 3.59. The van der Waals surface area contributed by atoms with Crippen molar-refractivity contribution in [2.45, 2.75) is 18.4 Å². The monoisotopic (exact) mass is 308 g/mol. The summed E-state index contributed by atoms with van der Waals surface area (Å²) in [5, 5.41) is 2.93. The van der Waals surface area contributed by atoms with E-state index in [0.717, 1.165) is 0 Å². The number of nitrogens with one attached hydrogen (secondary N) is 2. The molecule has 0 aliphatic carbocycles. The van der Waals surface area contributed by atoms with Crippen molar-refractivity contribution >= 4 is 15.7 Å². The third-order valence-corrected chi connectivity index (χ3v) is 4.54. The van der Waals surface area contributed by atoms with E-state index in [9.17, 15) is 12.8 Å². The molecule has 112 valence electrons. The summed E-state index contributed by atoms with van der Waals surface area (Å²) >= 11 is 0. The highest BCUT2D eigenvalue weighted by molar-refractivity contribution is 7.92. The fourth-order valence-electron chi connectivity index (χ4n) is 2.01. The second-order valence-electron chi connectivity index (χ2n) is 4.70. The number of aryl methyl sites for hydroxylation is 1. The van der Waals surface area contributed by atoms with E-state index in [1.165, 1.54) is 24.3 Å². The molecule has 4 nitrogen and oxygen atoms in total. The summed E-state index contributed by atoms with van der Waals surface area (Å²) in [4.78, 5) is 0.183. The van der Waals surface area contributed by atoms with Gasteiger partial charge in [0.15, 0.2) is 0 Å². The lowest BCUT2D eigenvalue weighted by Crippen LogP contribution is -2.18. The number of hydrogen-bond donors (Lipinski definition) is 2. The Balaban J connectivity index is 2.41. The zero-order valence-corrected chi connectivity index (χ0v) is 12.7. The van der Waals surface area contributed by atoms with Gasteiger partial charge in [-0.3, -0.25) is 4.72 Å². The Morgan fingerprint density at radius 2 is 1.86 bits per heavy atom. The van der Waals surface area contributed by atoms with Crippen molar-refractivity contribution < 1.29 is 12.8 Å². The third-order valence-electron chi connectivity index (χ3n) is 3.07. The van der Waals surface area contributed by atoms with Gasteiger partial charge in [-0.25, -0.2) is 12.8 Å². The molecule has 0 amide bonds. The molecular weight excluding hydrogens is 291 g/mol. The zero-order chi connectivity index (χ0) is 15.5. The molecule has 0 aliphatic rings. The average molecular weight is 308 g/mol. The van der Waals surface area contributed by atoms with Gasteiger partial charge in [0.25, 0.3) is 10.0 Å². The zero-order valence-electron chi connectivity index (χ0n) is 11.9. The summed E-state index contributed by atoms with van der Waals surface area (Å²) < 4.78 is 40.7. The van der Waals surface area contributed by atoms with Crippen LogP contribution in [0.2, 0.25) is 0 Å². The van der Waals surface area contributed by atoms with Crippen LogP contribution in [0.15, 0.2) is 47.4 Å². The minimum atomic E-state index is -3.76. The Labute approximate surface area is 124 Å². The van der Waals surface area contributed by atoms with E-state index >= 15 is 0 Å². The number of benzene rings is 2. The van der Waals surface area contributed by atoms with Crippen LogP contribution in [0.4, 0.5) is 10.1 Å². The lowest BCUT2D eigenvalue weighted by atomic mass is 10.2. The van der Waals surface area contributed by atoms with Gasteiger partial charge in [-0.05, 0) is 43.3 Å². The molecule has 2 aromatic rings. The fourth-order valence-corrected chi connectivity index (χ4v) is 3.37. The lowest BCUT2D eigenvalue weighted by molar-refractivity contribution is 0.599. The number of sulfonamides is 1. The molecule has 0 saturated carbocycles. The van der Waals surface area contributed by atoms with Crippen molar-refractivity contribution in [1.29, 1.82) is 0 Å². The quantitative estimate of drug-likeness (QED) is 0.893. The molecule has 0 radical (unpaired) electrons. The minimum Gasteiger partial charge on any atom is -0.316 e. The van der Waals surface area contributed by atoms with E-state index in [1.54, 1.807) is 32.2 Å². The maximum atomic E-state index is 13.3. The van der Waals surface area contributed by atoms with Gasteiger partial charge in [0.2, 0.25) is 0 Å². The minimum absolute atomic E-state index is 0.183. The Morgan fingerprint density at radius 3 is 2.57 bits per heavy atom. The lowest BCUT2D eigenvalue weighted by Gasteiger charge is -2.13. The van der Waals surface area contributed by atoms with Crippen LogP contribution >= 0.6 is 0 Å². The van der Waals surface area contributed by atoms with Crippen molar-refractivity contribution in [3.63, 3.8) is 0 Å². The predicted octanol–water partition coefficient (Wildman–Crippen LogP) is 2.65. The highest BCUT2D eigenvalue weighted by atomic mass is 32.2. The van der Waals surface area contributed by atoms with E-state index in [-0.39, 0.29) is 10.6 Å². The van der Waals surface area contributed by atoms with Gasteiger partial charge in [-0.2, -0.15) is 0 Å². The van der Waals surface area contributed by atoms with Crippen LogP contribution < -0.4 is 10.0 Å². The molecule has 0 heterocycles. The van der Waals surface area contributed by atoms with Crippen molar-refractivity contribution in [3.05, 3.63) is 59.4 Å². The van der Waals surface area contributed by atoms with Crippen molar-refractivity contribution in [1.82, 2.24) is 5.32 Å². The number of anilines is 1. The molecule has 2 rings (SSSR count). The molecule has 0 unspecified atom stereocenters. The highest BCUT2D eigenvalue weighted by Crippen LogP contribution is 2.22. The molecule has 0 saturated heterocycles. The van der Waals surface area contributed by atoms with Gasteiger partial charge < -0.3 is 5.32 Å². The van der Waals surface area contributed by atoms with Crippen LogP contribution in [0.3, 0.4) is 0 Å². The molecule has 2 aromatic carbocycles. The Morgan fingerprint density at radius 1 is 1.14 bits per heavy atom. The molecule has 0 aromatic heterocycles. The Kier molecular flexibility index (Phi) is 4.59. The maximum absolute atomic E-state index is 13.3. The van der Waals surface area contributed by atoms with Gasteiger partial charge >= 0.3 is 0 Å². The van der Waals surface area contributed by atoms with Crippen LogP contribution in [-0.2, 0) is 16.6 Å².